The first-order chi connectivity index (χ1) is 14.7. The molecule has 3 heterocycles. The molecular weight excluding hydrogens is 381 g/mol. The van der Waals surface area contributed by atoms with Gasteiger partial charge in [0.2, 0.25) is 0 Å². The van der Waals surface area contributed by atoms with Crippen molar-refractivity contribution >= 4 is 16.9 Å². The highest BCUT2D eigenvalue weighted by Crippen LogP contribution is 2.23. The van der Waals surface area contributed by atoms with Crippen LogP contribution < -0.4 is 5.32 Å². The molecule has 0 aliphatic rings. The lowest BCUT2D eigenvalue weighted by atomic mass is 10.2. The Morgan fingerprint density at radius 2 is 1.90 bits per heavy atom. The molecule has 1 N–H and O–H groups in total. The first kappa shape index (κ1) is 18.0. The Morgan fingerprint density at radius 3 is 2.67 bits per heavy atom. The molecule has 148 valence electrons. The third-order valence-electron chi connectivity index (χ3n) is 4.92. The Labute approximate surface area is 171 Å². The molecule has 0 atom stereocenters. The number of rotatable bonds is 5. The maximum atomic E-state index is 14.6. The van der Waals surface area contributed by atoms with E-state index in [0.29, 0.717) is 23.7 Å². The average Bonchev–Trinajstić information content (AvgIpc) is 3.39. The molecule has 0 spiro atoms. The lowest BCUT2D eigenvalue weighted by Gasteiger charge is -2.10. The molecule has 2 aromatic carbocycles. The zero-order valence-corrected chi connectivity index (χ0v) is 16.2. The summed E-state index contributed by atoms with van der Waals surface area (Å²) in [5.74, 6) is 1.08. The SMILES string of the molecule is Cc1nccn1-c1ccc(CNc2ncnc3c2cnn3-c2ccccc2)cc1F. The molecule has 5 rings (SSSR count). The van der Waals surface area contributed by atoms with Gasteiger partial charge >= 0.3 is 0 Å². The fraction of sp³-hybridized carbons (Fsp3) is 0.0909. The molecule has 3 aromatic heterocycles. The Hall–Kier alpha value is -4.07. The van der Waals surface area contributed by atoms with Crippen molar-refractivity contribution in [3.8, 4) is 11.4 Å². The lowest BCUT2D eigenvalue weighted by molar-refractivity contribution is 0.614. The number of imidazole rings is 1. The number of halogens is 1. The monoisotopic (exact) mass is 399 g/mol. The van der Waals surface area contributed by atoms with Crippen LogP contribution in [-0.4, -0.2) is 29.3 Å². The standard InChI is InChI=1S/C22H18FN7/c1-15-24-9-10-29(15)20-8-7-16(11-19(20)23)12-25-21-18-13-28-30(22(18)27-14-26-21)17-5-3-2-4-6-17/h2-11,13-14H,12H2,1H3,(H,25,26,27). The predicted octanol–water partition coefficient (Wildman–Crippen LogP) is 4.06. The van der Waals surface area contributed by atoms with Crippen molar-refractivity contribution in [2.45, 2.75) is 13.5 Å². The van der Waals surface area contributed by atoms with E-state index in [1.807, 2.05) is 43.3 Å². The minimum absolute atomic E-state index is 0.305. The van der Waals surface area contributed by atoms with Crippen LogP contribution in [0.1, 0.15) is 11.4 Å². The summed E-state index contributed by atoms with van der Waals surface area (Å²) in [6.07, 6.45) is 6.63. The number of anilines is 1. The number of aryl methyl sites for hydroxylation is 1. The van der Waals surface area contributed by atoms with Crippen LogP contribution in [0.4, 0.5) is 10.2 Å². The van der Waals surface area contributed by atoms with Crippen LogP contribution in [0.25, 0.3) is 22.4 Å². The fourth-order valence-electron chi connectivity index (χ4n) is 3.42. The highest BCUT2D eigenvalue weighted by atomic mass is 19.1. The normalized spacial score (nSPS) is 11.1. The number of aromatic nitrogens is 6. The first-order valence-electron chi connectivity index (χ1n) is 9.47. The zero-order valence-electron chi connectivity index (χ0n) is 16.2. The summed E-state index contributed by atoms with van der Waals surface area (Å²) >= 11 is 0. The van der Waals surface area contributed by atoms with E-state index < -0.39 is 0 Å². The first-order valence-corrected chi connectivity index (χ1v) is 9.47. The van der Waals surface area contributed by atoms with Gasteiger partial charge in [-0.1, -0.05) is 24.3 Å². The zero-order chi connectivity index (χ0) is 20.5. The summed E-state index contributed by atoms with van der Waals surface area (Å²) in [6.45, 7) is 2.26. The number of hydrogen-bond donors (Lipinski definition) is 1. The van der Waals surface area contributed by atoms with Crippen LogP contribution in [0.2, 0.25) is 0 Å². The largest absolute Gasteiger partial charge is 0.365 e. The quantitative estimate of drug-likeness (QED) is 0.482. The minimum Gasteiger partial charge on any atom is -0.365 e. The van der Waals surface area contributed by atoms with Crippen molar-refractivity contribution in [1.29, 1.82) is 0 Å². The molecule has 0 saturated heterocycles. The number of para-hydroxylation sites is 1. The maximum absolute atomic E-state index is 14.6. The summed E-state index contributed by atoms with van der Waals surface area (Å²) < 4.78 is 18.1. The third-order valence-corrected chi connectivity index (χ3v) is 4.92. The summed E-state index contributed by atoms with van der Waals surface area (Å²) in [4.78, 5) is 12.9. The van der Waals surface area contributed by atoms with E-state index >= 15 is 0 Å². The van der Waals surface area contributed by atoms with Gasteiger partial charge in [0.25, 0.3) is 0 Å². The second-order valence-electron chi connectivity index (χ2n) is 6.84. The van der Waals surface area contributed by atoms with E-state index in [1.54, 1.807) is 33.9 Å². The fourth-order valence-corrected chi connectivity index (χ4v) is 3.42. The van der Waals surface area contributed by atoms with E-state index in [-0.39, 0.29) is 5.82 Å². The Bertz CT molecular complexity index is 1320. The van der Waals surface area contributed by atoms with E-state index in [4.69, 9.17) is 0 Å². The summed E-state index contributed by atoms with van der Waals surface area (Å²) in [5, 5.41) is 8.52. The third kappa shape index (κ3) is 3.18. The number of benzene rings is 2. The molecule has 0 amide bonds. The molecule has 0 aliphatic heterocycles. The molecule has 0 saturated carbocycles. The highest BCUT2D eigenvalue weighted by molar-refractivity contribution is 5.87. The Morgan fingerprint density at radius 1 is 1.03 bits per heavy atom. The van der Waals surface area contributed by atoms with Gasteiger partial charge in [-0.15, -0.1) is 0 Å². The van der Waals surface area contributed by atoms with Crippen LogP contribution in [0.5, 0.6) is 0 Å². The molecular formula is C22H18FN7. The molecule has 0 bridgehead atoms. The smallest absolute Gasteiger partial charge is 0.168 e. The molecule has 0 aliphatic carbocycles. The van der Waals surface area contributed by atoms with Gasteiger partial charge in [0.1, 0.15) is 23.8 Å². The molecule has 30 heavy (non-hydrogen) atoms. The second kappa shape index (κ2) is 7.40. The molecule has 5 aromatic rings. The van der Waals surface area contributed by atoms with Crippen LogP contribution in [0, 0.1) is 12.7 Å². The van der Waals surface area contributed by atoms with Gasteiger partial charge in [-0.05, 0) is 36.8 Å². The van der Waals surface area contributed by atoms with E-state index in [2.05, 4.69) is 25.4 Å². The van der Waals surface area contributed by atoms with Crippen LogP contribution in [0.3, 0.4) is 0 Å². The summed E-state index contributed by atoms with van der Waals surface area (Å²) in [6, 6.07) is 14.9. The lowest BCUT2D eigenvalue weighted by Crippen LogP contribution is -2.05. The van der Waals surface area contributed by atoms with Crippen LogP contribution in [0.15, 0.2) is 73.4 Å². The van der Waals surface area contributed by atoms with Gasteiger partial charge in [-0.25, -0.2) is 24.0 Å². The highest BCUT2D eigenvalue weighted by Gasteiger charge is 2.12. The second-order valence-corrected chi connectivity index (χ2v) is 6.84. The minimum atomic E-state index is -0.305. The van der Waals surface area contributed by atoms with Crippen molar-refractivity contribution in [2.75, 3.05) is 5.32 Å². The number of nitrogens with one attached hydrogen (secondary N) is 1. The van der Waals surface area contributed by atoms with Gasteiger partial charge < -0.3 is 9.88 Å². The molecule has 0 radical (unpaired) electrons. The van der Waals surface area contributed by atoms with E-state index in [1.165, 1.54) is 12.4 Å². The topological polar surface area (TPSA) is 73.5 Å². The molecule has 0 unspecified atom stereocenters. The van der Waals surface area contributed by atoms with E-state index in [0.717, 1.165) is 22.5 Å². The number of nitrogens with zero attached hydrogens (tertiary/aromatic N) is 6. The Balaban J connectivity index is 1.40. The maximum Gasteiger partial charge on any atom is 0.168 e. The molecule has 7 nitrogen and oxygen atoms in total. The van der Waals surface area contributed by atoms with Crippen molar-refractivity contribution in [3.05, 3.63) is 90.7 Å². The van der Waals surface area contributed by atoms with E-state index in [9.17, 15) is 4.39 Å². The van der Waals surface area contributed by atoms with Gasteiger partial charge in [0, 0.05) is 18.9 Å². The van der Waals surface area contributed by atoms with Gasteiger partial charge in [-0.3, -0.25) is 0 Å². The van der Waals surface area contributed by atoms with Gasteiger partial charge in [0.05, 0.1) is 23.0 Å². The van der Waals surface area contributed by atoms with Crippen molar-refractivity contribution in [2.24, 2.45) is 0 Å². The predicted molar refractivity (Wildman–Crippen MR) is 112 cm³/mol. The summed E-state index contributed by atoms with van der Waals surface area (Å²) in [7, 11) is 0. The van der Waals surface area contributed by atoms with Crippen LogP contribution >= 0.6 is 0 Å². The Kier molecular flexibility index (Phi) is 4.44. The average molecular weight is 399 g/mol. The van der Waals surface area contributed by atoms with Gasteiger partial charge in [-0.2, -0.15) is 5.10 Å². The van der Waals surface area contributed by atoms with Crippen molar-refractivity contribution < 1.29 is 4.39 Å². The van der Waals surface area contributed by atoms with Crippen LogP contribution in [-0.2, 0) is 6.54 Å². The summed E-state index contributed by atoms with van der Waals surface area (Å²) in [5.41, 5.74) is 2.90. The molecule has 0 fully saturated rings. The van der Waals surface area contributed by atoms with Crippen molar-refractivity contribution in [3.63, 3.8) is 0 Å². The van der Waals surface area contributed by atoms with Gasteiger partial charge in [0.15, 0.2) is 5.65 Å². The number of fused-ring (bicyclic) bond motifs is 1. The number of hydrogen-bond acceptors (Lipinski definition) is 5. The van der Waals surface area contributed by atoms with Crippen molar-refractivity contribution in [1.82, 2.24) is 29.3 Å². The molecule has 8 heteroatoms.